The number of carbonyl (C=O) groups is 2. The summed E-state index contributed by atoms with van der Waals surface area (Å²) in [6.45, 7) is 0. The summed E-state index contributed by atoms with van der Waals surface area (Å²) in [5, 5.41) is 0. The predicted octanol–water partition coefficient (Wildman–Crippen LogP) is 4.59. The van der Waals surface area contributed by atoms with Gasteiger partial charge in [-0.3, -0.25) is 9.69 Å². The Morgan fingerprint density at radius 3 is 2.12 bits per heavy atom. The van der Waals surface area contributed by atoms with Crippen LogP contribution < -0.4 is 4.90 Å². The van der Waals surface area contributed by atoms with Gasteiger partial charge in [0.2, 0.25) is 0 Å². The molecule has 0 saturated heterocycles. The molecule has 0 N–H and O–H groups in total. The van der Waals surface area contributed by atoms with E-state index in [1.54, 1.807) is 54.6 Å². The van der Waals surface area contributed by atoms with E-state index in [2.05, 4.69) is 0 Å². The molecule has 3 rings (SSSR count). The zero-order valence-electron chi connectivity index (χ0n) is 14.1. The molecule has 3 aromatic carbocycles. The van der Waals surface area contributed by atoms with Crippen molar-refractivity contribution in [1.29, 1.82) is 0 Å². The molecule has 130 valence electrons. The van der Waals surface area contributed by atoms with E-state index in [0.717, 1.165) is 12.1 Å². The maximum Gasteiger partial charge on any atom is 0.339 e. The molecule has 0 aliphatic heterocycles. The van der Waals surface area contributed by atoms with Gasteiger partial charge in [0, 0.05) is 11.3 Å². The van der Waals surface area contributed by atoms with E-state index in [1.807, 2.05) is 6.07 Å². The van der Waals surface area contributed by atoms with Crippen molar-refractivity contribution in [3.8, 4) is 0 Å². The second-order valence-electron chi connectivity index (χ2n) is 5.50. The molecule has 0 unspecified atom stereocenters. The smallest absolute Gasteiger partial charge is 0.339 e. The Labute approximate surface area is 150 Å². The Hall–Kier alpha value is -3.47. The van der Waals surface area contributed by atoms with E-state index >= 15 is 0 Å². The van der Waals surface area contributed by atoms with Gasteiger partial charge in [-0.1, -0.05) is 36.4 Å². The number of carbonyl (C=O) groups excluding carboxylic acids is 2. The molecule has 0 atom stereocenters. The third-order valence-corrected chi connectivity index (χ3v) is 3.84. The molecule has 0 spiro atoms. The van der Waals surface area contributed by atoms with Gasteiger partial charge >= 0.3 is 5.97 Å². The summed E-state index contributed by atoms with van der Waals surface area (Å²) in [4.78, 5) is 26.6. The Morgan fingerprint density at radius 2 is 1.50 bits per heavy atom. The minimum Gasteiger partial charge on any atom is -0.465 e. The standard InChI is InChI=1S/C21H16FNO3/c1-26-21(25)18-13-12-16(22)14-19(18)23(17-10-6-3-7-11-17)20(24)15-8-4-2-5-9-15/h2-14H,1H3. The topological polar surface area (TPSA) is 46.6 Å². The number of amides is 1. The number of rotatable bonds is 4. The number of esters is 1. The monoisotopic (exact) mass is 349 g/mol. The average Bonchev–Trinajstić information content (AvgIpc) is 2.69. The summed E-state index contributed by atoms with van der Waals surface area (Å²) in [6.07, 6.45) is 0. The van der Waals surface area contributed by atoms with Crippen LogP contribution in [0.2, 0.25) is 0 Å². The van der Waals surface area contributed by atoms with Crippen LogP contribution in [0.4, 0.5) is 15.8 Å². The highest BCUT2D eigenvalue weighted by Gasteiger charge is 2.25. The number of hydrogen-bond donors (Lipinski definition) is 0. The van der Waals surface area contributed by atoms with E-state index in [1.165, 1.54) is 18.1 Å². The van der Waals surface area contributed by atoms with Gasteiger partial charge in [-0.05, 0) is 42.5 Å². The summed E-state index contributed by atoms with van der Waals surface area (Å²) in [7, 11) is 1.24. The molecule has 4 nitrogen and oxygen atoms in total. The molecule has 0 saturated carbocycles. The van der Waals surface area contributed by atoms with Crippen LogP contribution in [0.1, 0.15) is 20.7 Å². The van der Waals surface area contributed by atoms with Gasteiger partial charge in [-0.15, -0.1) is 0 Å². The highest BCUT2D eigenvalue weighted by atomic mass is 19.1. The molecule has 0 fully saturated rings. The first kappa shape index (κ1) is 17.4. The molecular formula is C21H16FNO3. The number of methoxy groups -OCH3 is 1. The van der Waals surface area contributed by atoms with Crippen molar-refractivity contribution < 1.29 is 18.7 Å². The molecule has 0 heterocycles. The number of halogens is 1. The summed E-state index contributed by atoms with van der Waals surface area (Å²) < 4.78 is 18.8. The summed E-state index contributed by atoms with van der Waals surface area (Å²) >= 11 is 0. The normalized spacial score (nSPS) is 10.2. The lowest BCUT2D eigenvalue weighted by atomic mass is 10.1. The number of nitrogens with zero attached hydrogens (tertiary/aromatic N) is 1. The zero-order valence-corrected chi connectivity index (χ0v) is 14.1. The first-order valence-electron chi connectivity index (χ1n) is 7.94. The minimum atomic E-state index is -0.651. The lowest BCUT2D eigenvalue weighted by molar-refractivity contribution is 0.0601. The van der Waals surface area contributed by atoms with Gasteiger partial charge in [0.15, 0.2) is 0 Å². The second kappa shape index (κ2) is 7.61. The van der Waals surface area contributed by atoms with E-state index in [0.29, 0.717) is 11.3 Å². The fraction of sp³-hybridized carbons (Fsp3) is 0.0476. The fourth-order valence-corrected chi connectivity index (χ4v) is 2.62. The number of benzene rings is 3. The van der Waals surface area contributed by atoms with E-state index in [4.69, 9.17) is 4.74 Å². The Morgan fingerprint density at radius 1 is 0.885 bits per heavy atom. The first-order chi connectivity index (χ1) is 12.6. The quantitative estimate of drug-likeness (QED) is 0.647. The number of ether oxygens (including phenoxy) is 1. The van der Waals surface area contributed by atoms with Crippen molar-refractivity contribution in [1.82, 2.24) is 0 Å². The van der Waals surface area contributed by atoms with Gasteiger partial charge in [0.05, 0.1) is 18.4 Å². The van der Waals surface area contributed by atoms with Crippen LogP contribution in [-0.2, 0) is 4.74 Å². The van der Waals surface area contributed by atoms with Crippen LogP contribution in [0, 0.1) is 5.82 Å². The molecule has 1 amide bonds. The van der Waals surface area contributed by atoms with Crippen molar-refractivity contribution >= 4 is 23.3 Å². The zero-order chi connectivity index (χ0) is 18.5. The van der Waals surface area contributed by atoms with Crippen molar-refractivity contribution in [2.75, 3.05) is 12.0 Å². The Kier molecular flexibility index (Phi) is 5.08. The molecule has 0 bridgehead atoms. The highest BCUT2D eigenvalue weighted by molar-refractivity contribution is 6.13. The van der Waals surface area contributed by atoms with Gasteiger partial charge in [-0.2, -0.15) is 0 Å². The van der Waals surface area contributed by atoms with Gasteiger partial charge in [-0.25, -0.2) is 9.18 Å². The van der Waals surface area contributed by atoms with Gasteiger partial charge in [0.1, 0.15) is 5.82 Å². The van der Waals surface area contributed by atoms with E-state index in [-0.39, 0.29) is 17.2 Å². The second-order valence-corrected chi connectivity index (χ2v) is 5.50. The third-order valence-electron chi connectivity index (χ3n) is 3.84. The number of para-hydroxylation sites is 1. The first-order valence-corrected chi connectivity index (χ1v) is 7.94. The largest absolute Gasteiger partial charge is 0.465 e. The predicted molar refractivity (Wildman–Crippen MR) is 97.1 cm³/mol. The highest BCUT2D eigenvalue weighted by Crippen LogP contribution is 2.31. The minimum absolute atomic E-state index is 0.0991. The number of anilines is 2. The Balaban J connectivity index is 2.21. The molecule has 0 aromatic heterocycles. The molecule has 0 aliphatic rings. The van der Waals surface area contributed by atoms with E-state index < -0.39 is 11.8 Å². The molecule has 3 aromatic rings. The van der Waals surface area contributed by atoms with Gasteiger partial charge in [0.25, 0.3) is 5.91 Å². The van der Waals surface area contributed by atoms with Crippen molar-refractivity contribution in [2.24, 2.45) is 0 Å². The lowest BCUT2D eigenvalue weighted by Crippen LogP contribution is -2.28. The fourth-order valence-electron chi connectivity index (χ4n) is 2.62. The summed E-state index contributed by atoms with van der Waals surface area (Å²) in [5.41, 5.74) is 1.15. The van der Waals surface area contributed by atoms with Crippen molar-refractivity contribution in [2.45, 2.75) is 0 Å². The maximum atomic E-state index is 14.0. The van der Waals surface area contributed by atoms with Crippen molar-refractivity contribution in [3.63, 3.8) is 0 Å². The van der Waals surface area contributed by atoms with Crippen LogP contribution >= 0.6 is 0 Å². The SMILES string of the molecule is COC(=O)c1ccc(F)cc1N(C(=O)c1ccccc1)c1ccccc1. The molecular weight excluding hydrogens is 333 g/mol. The summed E-state index contributed by atoms with van der Waals surface area (Å²) in [6, 6.07) is 21.0. The third kappa shape index (κ3) is 3.47. The molecule has 0 aliphatic carbocycles. The Bertz CT molecular complexity index is 927. The lowest BCUT2D eigenvalue weighted by Gasteiger charge is -2.25. The average molecular weight is 349 g/mol. The van der Waals surface area contributed by atoms with Crippen LogP contribution in [0.15, 0.2) is 78.9 Å². The molecule has 26 heavy (non-hydrogen) atoms. The summed E-state index contributed by atoms with van der Waals surface area (Å²) in [5.74, 6) is -1.59. The number of hydrogen-bond acceptors (Lipinski definition) is 3. The van der Waals surface area contributed by atoms with E-state index in [9.17, 15) is 14.0 Å². The van der Waals surface area contributed by atoms with Crippen molar-refractivity contribution in [3.05, 3.63) is 95.8 Å². The molecule has 5 heteroatoms. The van der Waals surface area contributed by atoms with Crippen LogP contribution in [0.3, 0.4) is 0 Å². The van der Waals surface area contributed by atoms with Crippen LogP contribution in [-0.4, -0.2) is 19.0 Å². The van der Waals surface area contributed by atoms with Crippen LogP contribution in [0.5, 0.6) is 0 Å². The van der Waals surface area contributed by atoms with Gasteiger partial charge < -0.3 is 4.74 Å². The molecule has 0 radical (unpaired) electrons. The van der Waals surface area contributed by atoms with Crippen LogP contribution in [0.25, 0.3) is 0 Å². The maximum absolute atomic E-state index is 14.0.